The summed E-state index contributed by atoms with van der Waals surface area (Å²) >= 11 is 0. The largest absolute Gasteiger partial charge is 0.461 e. The minimum Gasteiger partial charge on any atom is -0.461 e. The molecule has 0 spiro atoms. The van der Waals surface area contributed by atoms with Gasteiger partial charge in [-0.1, -0.05) is 62.4 Å². The zero-order valence-corrected chi connectivity index (χ0v) is 17.1. The Morgan fingerprint density at radius 1 is 0.966 bits per heavy atom. The third kappa shape index (κ3) is 6.03. The lowest BCUT2D eigenvalue weighted by molar-refractivity contribution is -0.191. The zero-order valence-electron chi connectivity index (χ0n) is 17.1. The molecule has 0 aliphatic rings. The van der Waals surface area contributed by atoms with E-state index in [1.54, 1.807) is 0 Å². The molecule has 0 bridgehead atoms. The standard InChI is InChI=1S/C22H26N2O2.CO2/c1-16(2)22(21(25)26-17(3)4,24-19-13-9-6-10-14-19)20(15-23)18-11-7-5-8-12-18;2-1-3/h5-14,16-17,20,24H,1-4H3;. The zero-order chi connectivity index (χ0) is 21.9. The molecule has 2 unspecified atom stereocenters. The molecule has 0 heterocycles. The maximum atomic E-state index is 13.3. The van der Waals surface area contributed by atoms with Crippen molar-refractivity contribution < 1.29 is 19.1 Å². The molecular weight excluding hydrogens is 368 g/mol. The third-order valence-corrected chi connectivity index (χ3v) is 4.43. The molecule has 2 aromatic carbocycles. The first kappa shape index (κ1) is 23.6. The van der Waals surface area contributed by atoms with E-state index in [1.165, 1.54) is 0 Å². The second kappa shape index (κ2) is 11.4. The van der Waals surface area contributed by atoms with E-state index < -0.39 is 17.4 Å². The van der Waals surface area contributed by atoms with Gasteiger partial charge in [-0.15, -0.1) is 0 Å². The Kier molecular flexibility index (Phi) is 9.31. The van der Waals surface area contributed by atoms with E-state index in [0.717, 1.165) is 11.3 Å². The summed E-state index contributed by atoms with van der Waals surface area (Å²) in [5.74, 6) is -1.30. The Bertz CT molecular complexity index is 838. The van der Waals surface area contributed by atoms with Gasteiger partial charge in [-0.2, -0.15) is 14.9 Å². The molecule has 0 aromatic heterocycles. The number of hydrogen-bond acceptors (Lipinski definition) is 6. The molecule has 0 aliphatic carbocycles. The topological polar surface area (TPSA) is 96.3 Å². The lowest BCUT2D eigenvalue weighted by Crippen LogP contribution is -2.56. The maximum absolute atomic E-state index is 13.3. The van der Waals surface area contributed by atoms with Crippen LogP contribution >= 0.6 is 0 Å². The molecule has 1 N–H and O–H groups in total. The van der Waals surface area contributed by atoms with Crippen LogP contribution in [-0.2, 0) is 19.1 Å². The van der Waals surface area contributed by atoms with Crippen molar-refractivity contribution in [3.63, 3.8) is 0 Å². The Morgan fingerprint density at radius 2 is 1.45 bits per heavy atom. The van der Waals surface area contributed by atoms with Crippen LogP contribution in [0.25, 0.3) is 0 Å². The Hall–Kier alpha value is -3.42. The fraction of sp³-hybridized carbons (Fsp3) is 0.348. The van der Waals surface area contributed by atoms with E-state index in [2.05, 4.69) is 11.4 Å². The van der Waals surface area contributed by atoms with Gasteiger partial charge in [0.05, 0.1) is 12.2 Å². The molecule has 0 amide bonds. The number of benzene rings is 2. The minimum atomic E-state index is -1.21. The van der Waals surface area contributed by atoms with Crippen molar-refractivity contribution in [3.8, 4) is 6.07 Å². The quantitative estimate of drug-likeness (QED) is 0.708. The Labute approximate surface area is 171 Å². The number of nitrogens with one attached hydrogen (secondary N) is 1. The summed E-state index contributed by atoms with van der Waals surface area (Å²) in [7, 11) is 0. The van der Waals surface area contributed by atoms with Crippen LogP contribution in [0.15, 0.2) is 60.7 Å². The summed E-state index contributed by atoms with van der Waals surface area (Å²) in [6.07, 6.45) is -0.0201. The van der Waals surface area contributed by atoms with Gasteiger partial charge in [0.2, 0.25) is 0 Å². The number of anilines is 1. The van der Waals surface area contributed by atoms with Gasteiger partial charge in [-0.25, -0.2) is 4.79 Å². The lowest BCUT2D eigenvalue weighted by atomic mass is 9.72. The number of carbonyl (C=O) groups is 1. The molecule has 29 heavy (non-hydrogen) atoms. The number of hydrogen-bond donors (Lipinski definition) is 1. The van der Waals surface area contributed by atoms with Gasteiger partial charge >= 0.3 is 12.1 Å². The summed E-state index contributed by atoms with van der Waals surface area (Å²) in [6.45, 7) is 7.50. The molecule has 0 radical (unpaired) electrons. The molecule has 6 heteroatoms. The summed E-state index contributed by atoms with van der Waals surface area (Å²) in [5.41, 5.74) is 0.354. The smallest absolute Gasteiger partial charge is 0.373 e. The van der Waals surface area contributed by atoms with Gasteiger partial charge < -0.3 is 10.1 Å². The van der Waals surface area contributed by atoms with Crippen LogP contribution in [0.5, 0.6) is 0 Å². The second-order valence-electron chi connectivity index (χ2n) is 7.02. The van der Waals surface area contributed by atoms with Crippen LogP contribution in [-0.4, -0.2) is 23.8 Å². The fourth-order valence-corrected chi connectivity index (χ4v) is 3.11. The first-order valence-corrected chi connectivity index (χ1v) is 9.31. The molecule has 0 aliphatic heterocycles. The number of ether oxygens (including phenoxy) is 1. The predicted octanol–water partition coefficient (Wildman–Crippen LogP) is 4.17. The highest BCUT2D eigenvalue weighted by atomic mass is 16.5. The molecule has 2 atom stereocenters. The molecule has 6 nitrogen and oxygen atoms in total. The Morgan fingerprint density at radius 3 is 1.86 bits per heavy atom. The van der Waals surface area contributed by atoms with Crippen molar-refractivity contribution in [2.45, 2.75) is 45.3 Å². The summed E-state index contributed by atoms with van der Waals surface area (Å²) in [4.78, 5) is 29.5. The van der Waals surface area contributed by atoms with Gasteiger partial charge in [-0.05, 0) is 37.5 Å². The van der Waals surface area contributed by atoms with Gasteiger partial charge in [0, 0.05) is 5.69 Å². The van der Waals surface area contributed by atoms with Crippen molar-refractivity contribution in [1.82, 2.24) is 0 Å². The van der Waals surface area contributed by atoms with E-state index in [4.69, 9.17) is 14.3 Å². The molecule has 152 valence electrons. The number of carbonyl (C=O) groups excluding carboxylic acids is 3. The van der Waals surface area contributed by atoms with Gasteiger partial charge in [0.15, 0.2) is 5.54 Å². The van der Waals surface area contributed by atoms with Crippen molar-refractivity contribution in [3.05, 3.63) is 66.2 Å². The van der Waals surface area contributed by atoms with E-state index >= 15 is 0 Å². The minimum absolute atomic E-state index is 0.182. The number of rotatable bonds is 7. The molecular formula is C23H26N2O4. The normalized spacial score (nSPS) is 13.1. The summed E-state index contributed by atoms with van der Waals surface area (Å²) < 4.78 is 5.60. The highest BCUT2D eigenvalue weighted by Gasteiger charge is 2.51. The molecule has 2 aromatic rings. The lowest BCUT2D eigenvalue weighted by Gasteiger charge is -2.40. The SMILES string of the molecule is CC(C)OC(=O)C(Nc1ccccc1)(C(C)C)C(C#N)c1ccccc1.O=C=O. The maximum Gasteiger partial charge on any atom is 0.373 e. The molecule has 0 saturated carbocycles. The molecule has 0 saturated heterocycles. The summed E-state index contributed by atoms with van der Waals surface area (Å²) in [5, 5.41) is 13.4. The van der Waals surface area contributed by atoms with Crippen LogP contribution in [0.4, 0.5) is 5.69 Å². The van der Waals surface area contributed by atoms with Crippen LogP contribution in [0, 0.1) is 17.2 Å². The van der Waals surface area contributed by atoms with Crippen LogP contribution in [0.3, 0.4) is 0 Å². The molecule has 0 fully saturated rings. The first-order chi connectivity index (χ1) is 13.8. The van der Waals surface area contributed by atoms with Gasteiger partial charge in [0.1, 0.15) is 5.92 Å². The van der Waals surface area contributed by atoms with Crippen molar-refractivity contribution in [2.24, 2.45) is 5.92 Å². The average molecular weight is 394 g/mol. The highest BCUT2D eigenvalue weighted by Crippen LogP contribution is 2.38. The van der Waals surface area contributed by atoms with Gasteiger partial charge in [0.25, 0.3) is 0 Å². The predicted molar refractivity (Wildman–Crippen MR) is 109 cm³/mol. The molecule has 2 rings (SSSR count). The first-order valence-electron chi connectivity index (χ1n) is 9.31. The van der Waals surface area contributed by atoms with E-state index in [9.17, 15) is 10.1 Å². The Balaban J connectivity index is 0.00000132. The highest BCUT2D eigenvalue weighted by molar-refractivity contribution is 5.87. The van der Waals surface area contributed by atoms with E-state index in [1.807, 2.05) is 88.4 Å². The van der Waals surface area contributed by atoms with Crippen molar-refractivity contribution in [2.75, 3.05) is 5.32 Å². The van der Waals surface area contributed by atoms with E-state index in [0.29, 0.717) is 0 Å². The second-order valence-corrected chi connectivity index (χ2v) is 7.02. The number of nitrogens with zero attached hydrogens (tertiary/aromatic N) is 1. The van der Waals surface area contributed by atoms with Crippen LogP contribution < -0.4 is 5.32 Å². The number of esters is 1. The number of para-hydroxylation sites is 1. The number of nitriles is 1. The third-order valence-electron chi connectivity index (χ3n) is 4.43. The monoisotopic (exact) mass is 394 g/mol. The van der Waals surface area contributed by atoms with Crippen molar-refractivity contribution >= 4 is 17.8 Å². The van der Waals surface area contributed by atoms with Crippen molar-refractivity contribution in [1.29, 1.82) is 5.26 Å². The fourth-order valence-electron chi connectivity index (χ4n) is 3.11. The van der Waals surface area contributed by atoms with Crippen LogP contribution in [0.1, 0.15) is 39.2 Å². The average Bonchev–Trinajstić information content (AvgIpc) is 2.69. The van der Waals surface area contributed by atoms with Crippen LogP contribution in [0.2, 0.25) is 0 Å². The summed E-state index contributed by atoms with van der Waals surface area (Å²) in [6, 6.07) is 21.2. The van der Waals surface area contributed by atoms with Gasteiger partial charge in [-0.3, -0.25) is 0 Å². The van der Waals surface area contributed by atoms with E-state index in [-0.39, 0.29) is 18.2 Å².